The van der Waals surface area contributed by atoms with Gasteiger partial charge in [0.2, 0.25) is 5.91 Å². The van der Waals surface area contributed by atoms with Crippen molar-refractivity contribution < 1.29 is 14.4 Å². The SMILES string of the molecule is CCCCCN1C(=O)N=C2C=C(C(=O)NCCN3CCCCC3C)C=CC2C1=O. The number of hydrogen-bond donors (Lipinski definition) is 1. The van der Waals surface area contributed by atoms with Crippen LogP contribution >= 0.6 is 0 Å². The lowest BCUT2D eigenvalue weighted by atomic mass is 9.91. The van der Waals surface area contributed by atoms with Gasteiger partial charge in [-0.15, -0.1) is 0 Å². The zero-order valence-corrected chi connectivity index (χ0v) is 17.5. The number of allylic oxidation sites excluding steroid dienone is 1. The number of rotatable bonds is 8. The summed E-state index contributed by atoms with van der Waals surface area (Å²) in [5.41, 5.74) is 0.802. The van der Waals surface area contributed by atoms with E-state index >= 15 is 0 Å². The summed E-state index contributed by atoms with van der Waals surface area (Å²) in [6.07, 6.45) is 11.4. The fourth-order valence-electron chi connectivity index (χ4n) is 4.11. The van der Waals surface area contributed by atoms with E-state index in [1.54, 1.807) is 18.2 Å². The molecular formula is C22H32N4O3. The summed E-state index contributed by atoms with van der Waals surface area (Å²) in [6, 6.07) is 0.0341. The molecule has 29 heavy (non-hydrogen) atoms. The molecule has 158 valence electrons. The van der Waals surface area contributed by atoms with Crippen LogP contribution in [-0.4, -0.2) is 65.6 Å². The summed E-state index contributed by atoms with van der Waals surface area (Å²) in [6.45, 7) is 7.19. The molecule has 0 aromatic carbocycles. The van der Waals surface area contributed by atoms with Gasteiger partial charge in [-0.3, -0.25) is 19.4 Å². The summed E-state index contributed by atoms with van der Waals surface area (Å²) in [5.74, 6) is -1.01. The van der Waals surface area contributed by atoms with Crippen LogP contribution in [-0.2, 0) is 9.59 Å². The van der Waals surface area contributed by atoms with Crippen molar-refractivity contribution in [2.45, 2.75) is 58.4 Å². The van der Waals surface area contributed by atoms with E-state index in [9.17, 15) is 14.4 Å². The third-order valence-corrected chi connectivity index (χ3v) is 5.95. The molecule has 0 aromatic rings. The Labute approximate surface area is 172 Å². The molecule has 1 aliphatic carbocycles. The summed E-state index contributed by atoms with van der Waals surface area (Å²) in [5, 5.41) is 2.95. The largest absolute Gasteiger partial charge is 0.351 e. The van der Waals surface area contributed by atoms with Crippen molar-refractivity contribution in [2.75, 3.05) is 26.2 Å². The van der Waals surface area contributed by atoms with Crippen molar-refractivity contribution >= 4 is 23.6 Å². The van der Waals surface area contributed by atoms with Gasteiger partial charge >= 0.3 is 6.03 Å². The third kappa shape index (κ3) is 5.21. The highest BCUT2D eigenvalue weighted by atomic mass is 16.2. The highest BCUT2D eigenvalue weighted by molar-refractivity contribution is 6.23. The third-order valence-electron chi connectivity index (χ3n) is 5.95. The molecule has 0 spiro atoms. The van der Waals surface area contributed by atoms with Gasteiger partial charge in [-0.1, -0.05) is 38.3 Å². The van der Waals surface area contributed by atoms with Gasteiger partial charge in [0, 0.05) is 31.2 Å². The molecule has 2 unspecified atom stereocenters. The number of piperidine rings is 1. The van der Waals surface area contributed by atoms with E-state index in [4.69, 9.17) is 0 Å². The van der Waals surface area contributed by atoms with Gasteiger partial charge in [0.05, 0.1) is 11.6 Å². The van der Waals surface area contributed by atoms with Gasteiger partial charge in [0.15, 0.2) is 0 Å². The second-order valence-corrected chi connectivity index (χ2v) is 8.09. The Morgan fingerprint density at radius 2 is 2.07 bits per heavy atom. The molecule has 0 aromatic heterocycles. The lowest BCUT2D eigenvalue weighted by Crippen LogP contribution is -2.47. The van der Waals surface area contributed by atoms with E-state index in [1.807, 2.05) is 0 Å². The molecule has 2 atom stereocenters. The number of hydrogen-bond acceptors (Lipinski definition) is 4. The first-order valence-corrected chi connectivity index (χ1v) is 10.9. The molecule has 0 saturated carbocycles. The molecule has 1 N–H and O–H groups in total. The van der Waals surface area contributed by atoms with E-state index in [-0.39, 0.29) is 11.8 Å². The minimum Gasteiger partial charge on any atom is -0.351 e. The van der Waals surface area contributed by atoms with Crippen LogP contribution in [0.15, 0.2) is 28.8 Å². The average molecular weight is 401 g/mol. The fraction of sp³-hybridized carbons (Fsp3) is 0.636. The van der Waals surface area contributed by atoms with Gasteiger partial charge in [-0.25, -0.2) is 4.79 Å². The maximum absolute atomic E-state index is 12.7. The second-order valence-electron chi connectivity index (χ2n) is 8.09. The molecule has 1 fully saturated rings. The van der Waals surface area contributed by atoms with E-state index in [2.05, 4.69) is 29.1 Å². The molecule has 4 amide bonds. The monoisotopic (exact) mass is 400 g/mol. The maximum Gasteiger partial charge on any atom is 0.350 e. The number of imide groups is 1. The molecule has 0 radical (unpaired) electrons. The Bertz CT molecular complexity index is 740. The van der Waals surface area contributed by atoms with E-state index in [1.165, 1.54) is 24.2 Å². The molecule has 7 heteroatoms. The van der Waals surface area contributed by atoms with Gasteiger partial charge in [-0.2, -0.15) is 4.99 Å². The van der Waals surface area contributed by atoms with E-state index in [0.717, 1.165) is 32.4 Å². The van der Waals surface area contributed by atoms with Crippen molar-refractivity contribution in [3.8, 4) is 0 Å². The second kappa shape index (κ2) is 9.96. The van der Waals surface area contributed by atoms with Crippen molar-refractivity contribution in [2.24, 2.45) is 10.9 Å². The van der Waals surface area contributed by atoms with Crippen molar-refractivity contribution in [3.63, 3.8) is 0 Å². The first kappa shape index (κ1) is 21.4. The van der Waals surface area contributed by atoms with Crippen LogP contribution in [0.3, 0.4) is 0 Å². The highest BCUT2D eigenvalue weighted by Gasteiger charge is 2.36. The van der Waals surface area contributed by atoms with Gasteiger partial charge < -0.3 is 5.32 Å². The Kier molecular flexibility index (Phi) is 7.36. The minimum absolute atomic E-state index is 0.197. The number of unbranched alkanes of at least 4 members (excludes halogenated alkanes) is 2. The van der Waals surface area contributed by atoms with Crippen LogP contribution in [0.4, 0.5) is 4.79 Å². The number of carbonyl (C=O) groups is 3. The van der Waals surface area contributed by atoms with Crippen LogP contribution in [0.5, 0.6) is 0 Å². The maximum atomic E-state index is 12.7. The average Bonchev–Trinajstić information content (AvgIpc) is 2.71. The molecule has 3 rings (SSSR count). The molecule has 3 aliphatic rings. The molecule has 7 nitrogen and oxygen atoms in total. The summed E-state index contributed by atoms with van der Waals surface area (Å²) in [4.78, 5) is 45.1. The first-order valence-electron chi connectivity index (χ1n) is 10.9. The summed E-state index contributed by atoms with van der Waals surface area (Å²) < 4.78 is 0. The quantitative estimate of drug-likeness (QED) is 0.635. The number of urea groups is 1. The van der Waals surface area contributed by atoms with Crippen LogP contribution < -0.4 is 5.32 Å². The smallest absolute Gasteiger partial charge is 0.350 e. The summed E-state index contributed by atoms with van der Waals surface area (Å²) >= 11 is 0. The number of likely N-dealkylation sites (tertiary alicyclic amines) is 1. The number of aliphatic imine (C=N–C) groups is 1. The topological polar surface area (TPSA) is 82.1 Å². The number of nitrogens with zero attached hydrogens (tertiary/aromatic N) is 3. The number of nitrogens with one attached hydrogen (secondary N) is 1. The fourth-order valence-corrected chi connectivity index (χ4v) is 4.11. The standard InChI is InChI=1S/C22H32N4O3/c1-3-4-6-13-26-21(28)18-10-9-17(15-19(18)24-22(26)29)20(27)23-11-14-25-12-7-5-8-16(25)2/h9-10,15-16,18H,3-8,11-14H2,1-2H3,(H,23,27). The van der Waals surface area contributed by atoms with Crippen molar-refractivity contribution in [1.29, 1.82) is 0 Å². The Morgan fingerprint density at radius 1 is 1.24 bits per heavy atom. The van der Waals surface area contributed by atoms with Crippen LogP contribution in [0.2, 0.25) is 0 Å². The summed E-state index contributed by atoms with van der Waals surface area (Å²) in [7, 11) is 0. The Hall–Kier alpha value is -2.28. The number of carbonyl (C=O) groups excluding carboxylic acids is 3. The number of amides is 4. The predicted octanol–water partition coefficient (Wildman–Crippen LogP) is 2.68. The molecule has 1 saturated heterocycles. The molecule has 2 aliphatic heterocycles. The van der Waals surface area contributed by atoms with Gasteiger partial charge in [-0.05, 0) is 38.8 Å². The molecule has 2 heterocycles. The van der Waals surface area contributed by atoms with Crippen LogP contribution in [0.25, 0.3) is 0 Å². The van der Waals surface area contributed by atoms with Crippen LogP contribution in [0.1, 0.15) is 52.4 Å². The van der Waals surface area contributed by atoms with E-state index < -0.39 is 11.9 Å². The zero-order valence-electron chi connectivity index (χ0n) is 17.5. The number of fused-ring (bicyclic) bond motifs is 1. The lowest BCUT2D eigenvalue weighted by Gasteiger charge is -2.33. The minimum atomic E-state index is -0.569. The molecule has 0 bridgehead atoms. The van der Waals surface area contributed by atoms with Crippen LogP contribution in [0, 0.1) is 5.92 Å². The normalized spacial score (nSPS) is 24.8. The predicted molar refractivity (Wildman–Crippen MR) is 113 cm³/mol. The highest BCUT2D eigenvalue weighted by Crippen LogP contribution is 2.23. The van der Waals surface area contributed by atoms with Crippen molar-refractivity contribution in [1.82, 2.24) is 15.1 Å². The zero-order chi connectivity index (χ0) is 20.8. The lowest BCUT2D eigenvalue weighted by molar-refractivity contribution is -0.129. The van der Waals surface area contributed by atoms with Gasteiger partial charge in [0.1, 0.15) is 0 Å². The van der Waals surface area contributed by atoms with E-state index in [0.29, 0.717) is 30.4 Å². The molecular weight excluding hydrogens is 368 g/mol. The Morgan fingerprint density at radius 3 is 2.83 bits per heavy atom. The Balaban J connectivity index is 1.57. The van der Waals surface area contributed by atoms with Gasteiger partial charge in [0.25, 0.3) is 5.91 Å². The van der Waals surface area contributed by atoms with Crippen molar-refractivity contribution in [3.05, 3.63) is 23.8 Å². The first-order chi connectivity index (χ1) is 14.0.